The summed E-state index contributed by atoms with van der Waals surface area (Å²) >= 11 is 0. The van der Waals surface area contributed by atoms with Crippen molar-refractivity contribution >= 4 is 21.5 Å². The molecular weight excluding hydrogens is 320 g/mol. The highest BCUT2D eigenvalue weighted by molar-refractivity contribution is 6.05. The maximum Gasteiger partial charge on any atom is 0.0469 e. The molecule has 0 aliphatic heterocycles. The van der Waals surface area contributed by atoms with Crippen LogP contribution in [-0.2, 0) is 22.3 Å². The molecule has 0 atom stereocenters. The average Bonchev–Trinajstić information content (AvgIpc) is 2.69. The van der Waals surface area contributed by atoms with E-state index in [0.29, 0.717) is 0 Å². The molecule has 0 saturated carbocycles. The van der Waals surface area contributed by atoms with Gasteiger partial charge in [-0.05, 0) is 72.2 Å². The predicted octanol–water partition coefficient (Wildman–Crippen LogP) is 5.93. The lowest BCUT2D eigenvalue weighted by Gasteiger charge is -2.17. The zero-order valence-electron chi connectivity index (χ0n) is 16.1. The number of fused-ring (bicyclic) bond motifs is 2. The van der Waals surface area contributed by atoms with Crippen molar-refractivity contribution in [1.82, 2.24) is 0 Å². The van der Waals surface area contributed by atoms with Crippen molar-refractivity contribution in [3.8, 4) is 0 Å². The van der Waals surface area contributed by atoms with Crippen LogP contribution in [0.1, 0.15) is 37.8 Å². The molecule has 0 saturated heterocycles. The first-order chi connectivity index (χ1) is 12.9. The first-order valence-electron chi connectivity index (χ1n) is 9.93. The van der Waals surface area contributed by atoms with Gasteiger partial charge in [0.15, 0.2) is 0 Å². The fourth-order valence-electron chi connectivity index (χ4n) is 3.84. The molecule has 0 unspecified atom stereocenters. The van der Waals surface area contributed by atoms with E-state index in [2.05, 4.69) is 62.4 Å². The summed E-state index contributed by atoms with van der Waals surface area (Å²) in [7, 11) is 0. The molecule has 3 aromatic rings. The van der Waals surface area contributed by atoms with Crippen LogP contribution in [0.2, 0.25) is 0 Å². The van der Waals surface area contributed by atoms with Gasteiger partial charge in [-0.15, -0.1) is 0 Å². The van der Waals surface area contributed by atoms with Gasteiger partial charge in [0.25, 0.3) is 0 Å². The molecular formula is C24H30O2. The summed E-state index contributed by atoms with van der Waals surface area (Å²) in [6.45, 7) is 7.36. The topological polar surface area (TPSA) is 18.5 Å². The lowest BCUT2D eigenvalue weighted by Crippen LogP contribution is -2.01. The molecule has 2 heteroatoms. The molecule has 0 spiro atoms. The quantitative estimate of drug-likeness (QED) is 0.333. The Hall–Kier alpha value is -1.90. The summed E-state index contributed by atoms with van der Waals surface area (Å²) in [4.78, 5) is 0. The minimum atomic E-state index is 0.792. The number of aryl methyl sites for hydroxylation is 2. The summed E-state index contributed by atoms with van der Waals surface area (Å²) in [5.41, 5.74) is 2.92. The number of rotatable bonds is 10. The lowest BCUT2D eigenvalue weighted by atomic mass is 9.88. The molecule has 2 nitrogen and oxygen atoms in total. The number of hydrogen-bond donors (Lipinski definition) is 0. The smallest absolute Gasteiger partial charge is 0.0469 e. The number of benzene rings is 3. The minimum absolute atomic E-state index is 0.792. The van der Waals surface area contributed by atoms with Gasteiger partial charge in [-0.2, -0.15) is 0 Å². The summed E-state index contributed by atoms with van der Waals surface area (Å²) in [5.74, 6) is 0. The first kappa shape index (κ1) is 18.9. The van der Waals surface area contributed by atoms with Crippen LogP contribution < -0.4 is 0 Å². The van der Waals surface area contributed by atoms with Crippen molar-refractivity contribution in [2.75, 3.05) is 26.4 Å². The molecule has 0 heterocycles. The number of ether oxygens (including phenoxy) is 2. The molecule has 0 aliphatic carbocycles. The Kier molecular flexibility index (Phi) is 7.04. The molecule has 0 amide bonds. The van der Waals surface area contributed by atoms with Gasteiger partial charge >= 0.3 is 0 Å². The van der Waals surface area contributed by atoms with Crippen molar-refractivity contribution in [2.45, 2.75) is 39.5 Å². The van der Waals surface area contributed by atoms with Crippen molar-refractivity contribution < 1.29 is 9.47 Å². The van der Waals surface area contributed by atoms with E-state index in [1.54, 1.807) is 0 Å². The van der Waals surface area contributed by atoms with E-state index >= 15 is 0 Å². The maximum absolute atomic E-state index is 5.57. The summed E-state index contributed by atoms with van der Waals surface area (Å²) in [5, 5.41) is 5.59. The van der Waals surface area contributed by atoms with Gasteiger partial charge < -0.3 is 9.47 Å². The number of hydrogen-bond acceptors (Lipinski definition) is 2. The second-order valence-corrected chi connectivity index (χ2v) is 6.65. The van der Waals surface area contributed by atoms with Crippen LogP contribution in [-0.4, -0.2) is 26.4 Å². The summed E-state index contributed by atoms with van der Waals surface area (Å²) < 4.78 is 11.1. The summed E-state index contributed by atoms with van der Waals surface area (Å²) in [6.07, 6.45) is 4.23. The molecule has 0 N–H and O–H groups in total. The van der Waals surface area contributed by atoms with E-state index in [1.807, 2.05) is 0 Å². The highest BCUT2D eigenvalue weighted by Gasteiger charge is 2.13. The summed E-state index contributed by atoms with van der Waals surface area (Å²) in [6, 6.07) is 17.8. The monoisotopic (exact) mass is 350 g/mol. The predicted molar refractivity (Wildman–Crippen MR) is 111 cm³/mol. The third kappa shape index (κ3) is 4.25. The van der Waals surface area contributed by atoms with Crippen molar-refractivity contribution in [1.29, 1.82) is 0 Å². The molecule has 138 valence electrons. The Morgan fingerprint density at radius 1 is 0.577 bits per heavy atom. The molecule has 3 rings (SSSR count). The van der Waals surface area contributed by atoms with Crippen LogP contribution in [0.25, 0.3) is 21.5 Å². The third-order valence-electron chi connectivity index (χ3n) is 4.99. The Morgan fingerprint density at radius 2 is 0.923 bits per heavy atom. The van der Waals surface area contributed by atoms with Gasteiger partial charge in [0, 0.05) is 26.4 Å². The van der Waals surface area contributed by atoms with Gasteiger partial charge in [0.1, 0.15) is 0 Å². The SMILES string of the molecule is CCOCCCc1c2ccccc2c(CCCOCC)c2ccccc12. The molecule has 0 radical (unpaired) electrons. The van der Waals surface area contributed by atoms with Crippen molar-refractivity contribution in [3.63, 3.8) is 0 Å². The van der Waals surface area contributed by atoms with Gasteiger partial charge in [-0.25, -0.2) is 0 Å². The van der Waals surface area contributed by atoms with Crippen LogP contribution in [0, 0.1) is 0 Å². The fraction of sp³-hybridized carbons (Fsp3) is 0.417. The second-order valence-electron chi connectivity index (χ2n) is 6.65. The van der Waals surface area contributed by atoms with Gasteiger partial charge in [0.2, 0.25) is 0 Å². The lowest BCUT2D eigenvalue weighted by molar-refractivity contribution is 0.145. The molecule has 26 heavy (non-hydrogen) atoms. The largest absolute Gasteiger partial charge is 0.382 e. The van der Waals surface area contributed by atoms with Crippen molar-refractivity contribution in [2.24, 2.45) is 0 Å². The van der Waals surface area contributed by atoms with E-state index in [0.717, 1.165) is 52.1 Å². The van der Waals surface area contributed by atoms with Crippen LogP contribution in [0.15, 0.2) is 48.5 Å². The van der Waals surface area contributed by atoms with E-state index in [-0.39, 0.29) is 0 Å². The average molecular weight is 351 g/mol. The standard InChI is InChI=1S/C24H30O2/c1-3-25-17-9-15-23-19-11-5-7-13-21(19)24(16-10-18-26-4-2)22-14-8-6-12-20(22)23/h5-8,11-14H,3-4,9-10,15-18H2,1-2H3. The van der Waals surface area contributed by atoms with Crippen LogP contribution in [0.5, 0.6) is 0 Å². The van der Waals surface area contributed by atoms with Crippen LogP contribution >= 0.6 is 0 Å². The molecule has 0 aliphatic rings. The molecule has 3 aromatic carbocycles. The second kappa shape index (κ2) is 9.70. The Morgan fingerprint density at radius 3 is 1.23 bits per heavy atom. The van der Waals surface area contributed by atoms with Crippen molar-refractivity contribution in [3.05, 3.63) is 59.7 Å². The Labute approximate surface area is 157 Å². The Balaban J connectivity index is 2.03. The van der Waals surface area contributed by atoms with E-state index in [1.165, 1.54) is 32.7 Å². The zero-order chi connectivity index (χ0) is 18.2. The molecule has 0 fully saturated rings. The van der Waals surface area contributed by atoms with E-state index in [4.69, 9.17) is 9.47 Å². The Bertz CT molecular complexity index is 711. The molecule has 0 bridgehead atoms. The van der Waals surface area contributed by atoms with Gasteiger partial charge in [-0.1, -0.05) is 48.5 Å². The van der Waals surface area contributed by atoms with Crippen LogP contribution in [0.4, 0.5) is 0 Å². The first-order valence-corrected chi connectivity index (χ1v) is 9.93. The maximum atomic E-state index is 5.57. The van der Waals surface area contributed by atoms with Crippen LogP contribution in [0.3, 0.4) is 0 Å². The highest BCUT2D eigenvalue weighted by Crippen LogP contribution is 2.34. The normalized spacial score (nSPS) is 11.5. The van der Waals surface area contributed by atoms with E-state index in [9.17, 15) is 0 Å². The van der Waals surface area contributed by atoms with Gasteiger partial charge in [-0.3, -0.25) is 0 Å². The van der Waals surface area contributed by atoms with Gasteiger partial charge in [0.05, 0.1) is 0 Å². The fourth-order valence-corrected chi connectivity index (χ4v) is 3.84. The van der Waals surface area contributed by atoms with E-state index < -0.39 is 0 Å². The highest BCUT2D eigenvalue weighted by atomic mass is 16.5. The third-order valence-corrected chi connectivity index (χ3v) is 4.99. The molecule has 0 aromatic heterocycles. The zero-order valence-corrected chi connectivity index (χ0v) is 16.1. The minimum Gasteiger partial charge on any atom is -0.382 e.